The van der Waals surface area contributed by atoms with Crippen LogP contribution in [0.4, 0.5) is 5.69 Å². The van der Waals surface area contributed by atoms with Gasteiger partial charge in [-0.15, -0.1) is 0 Å². The van der Waals surface area contributed by atoms with Crippen LogP contribution in [-0.2, 0) is 4.79 Å². The number of nitrogens with one attached hydrogen (secondary N) is 1. The van der Waals surface area contributed by atoms with Crippen molar-refractivity contribution in [2.75, 3.05) is 12.1 Å². The van der Waals surface area contributed by atoms with Crippen LogP contribution in [0.25, 0.3) is 6.08 Å². The lowest BCUT2D eigenvalue weighted by atomic mass is 9.95. The minimum Gasteiger partial charge on any atom is -0.454 e. The Morgan fingerprint density at radius 2 is 1.79 bits per heavy atom. The van der Waals surface area contributed by atoms with E-state index in [1.165, 1.54) is 11.3 Å². The number of amides is 1. The number of nitrogens with zero attached hydrogens (tertiary/aromatic N) is 2. The fourth-order valence-corrected chi connectivity index (χ4v) is 5.85. The van der Waals surface area contributed by atoms with Gasteiger partial charge < -0.3 is 14.8 Å². The van der Waals surface area contributed by atoms with E-state index in [1.807, 2.05) is 30.3 Å². The van der Waals surface area contributed by atoms with Crippen molar-refractivity contribution in [2.24, 2.45) is 4.99 Å². The molecule has 3 aromatic carbocycles. The Labute approximate surface area is 230 Å². The van der Waals surface area contributed by atoms with Gasteiger partial charge in [-0.3, -0.25) is 14.2 Å². The van der Waals surface area contributed by atoms with Crippen molar-refractivity contribution in [2.45, 2.75) is 13.0 Å². The number of carbonyl (C=O) groups excluding carboxylic acids is 1. The summed E-state index contributed by atoms with van der Waals surface area (Å²) in [5.41, 5.74) is 2.59. The molecule has 1 N–H and O–H groups in total. The highest BCUT2D eigenvalue weighted by molar-refractivity contribution is 7.07. The lowest BCUT2D eigenvalue weighted by Crippen LogP contribution is -2.40. The molecule has 190 valence electrons. The molecule has 2 aliphatic heterocycles. The Morgan fingerprint density at radius 3 is 2.53 bits per heavy atom. The summed E-state index contributed by atoms with van der Waals surface area (Å²) in [5.74, 6) is 0.773. The first-order valence-corrected chi connectivity index (χ1v) is 13.2. The molecule has 4 aromatic rings. The van der Waals surface area contributed by atoms with E-state index in [1.54, 1.807) is 54.0 Å². The van der Waals surface area contributed by atoms with E-state index in [-0.39, 0.29) is 18.3 Å². The van der Waals surface area contributed by atoms with Crippen LogP contribution in [0, 0.1) is 0 Å². The number of aromatic nitrogens is 1. The van der Waals surface area contributed by atoms with Crippen molar-refractivity contribution in [3.05, 3.63) is 119 Å². The normalized spacial score (nSPS) is 16.3. The lowest BCUT2D eigenvalue weighted by Gasteiger charge is -2.25. The first kappa shape index (κ1) is 24.5. The van der Waals surface area contributed by atoms with Crippen LogP contribution >= 0.6 is 34.5 Å². The summed E-state index contributed by atoms with van der Waals surface area (Å²) >= 11 is 13.9. The number of anilines is 1. The molecular weight excluding hydrogens is 545 g/mol. The third-order valence-corrected chi connectivity index (χ3v) is 7.82. The maximum absolute atomic E-state index is 13.8. The second kappa shape index (κ2) is 9.79. The maximum atomic E-state index is 13.8. The Balaban J connectivity index is 1.50. The maximum Gasteiger partial charge on any atom is 0.271 e. The fourth-order valence-electron chi connectivity index (χ4n) is 4.48. The van der Waals surface area contributed by atoms with Crippen molar-refractivity contribution >= 4 is 52.2 Å². The minimum atomic E-state index is -0.707. The summed E-state index contributed by atoms with van der Waals surface area (Å²) < 4.78 is 12.8. The van der Waals surface area contributed by atoms with E-state index < -0.39 is 6.04 Å². The zero-order valence-corrected chi connectivity index (χ0v) is 22.2. The zero-order valence-electron chi connectivity index (χ0n) is 19.9. The summed E-state index contributed by atoms with van der Waals surface area (Å²) in [6.07, 6.45) is 1.70. The van der Waals surface area contributed by atoms with E-state index in [0.717, 1.165) is 5.56 Å². The number of ether oxygens (including phenoxy) is 2. The molecule has 0 saturated carbocycles. The first-order chi connectivity index (χ1) is 18.4. The molecule has 3 heterocycles. The SMILES string of the molecule is CC1=C(C(=O)Nc2ccccc2)C(c2ccc(Cl)cc2)n2c(s/c(=C/c3cc4c(cc3Cl)OCO4)c2=O)=N1. The fraction of sp³-hybridized carbons (Fsp3) is 0.107. The van der Waals surface area contributed by atoms with Crippen LogP contribution < -0.4 is 29.7 Å². The standard InChI is InChI=1S/C28H19Cl2N3O4S/c1-15-24(26(34)32-19-5-3-2-4-6-19)25(16-7-9-18(29)10-8-16)33-27(35)23(38-28(33)31-15)12-17-11-21-22(13-20(17)30)37-14-36-21/h2-13,25H,14H2,1H3,(H,32,34)/b23-12+. The largest absolute Gasteiger partial charge is 0.454 e. The molecule has 0 fully saturated rings. The number of fused-ring (bicyclic) bond motifs is 2. The molecule has 10 heteroatoms. The van der Waals surface area contributed by atoms with Gasteiger partial charge in [-0.1, -0.05) is 64.9 Å². The first-order valence-electron chi connectivity index (χ1n) is 11.6. The molecule has 0 spiro atoms. The Hall–Kier alpha value is -3.85. The number of para-hydroxylation sites is 1. The average molecular weight is 564 g/mol. The molecule has 1 amide bonds. The monoisotopic (exact) mass is 563 g/mol. The molecule has 0 radical (unpaired) electrons. The highest BCUT2D eigenvalue weighted by Crippen LogP contribution is 2.37. The van der Waals surface area contributed by atoms with Crippen molar-refractivity contribution in [3.8, 4) is 11.5 Å². The van der Waals surface area contributed by atoms with Gasteiger partial charge in [-0.25, -0.2) is 4.99 Å². The van der Waals surface area contributed by atoms with Crippen molar-refractivity contribution < 1.29 is 14.3 Å². The predicted molar refractivity (Wildman–Crippen MR) is 148 cm³/mol. The molecule has 1 unspecified atom stereocenters. The van der Waals surface area contributed by atoms with Crippen LogP contribution in [0.2, 0.25) is 10.0 Å². The van der Waals surface area contributed by atoms with Gasteiger partial charge >= 0.3 is 0 Å². The van der Waals surface area contributed by atoms with Crippen molar-refractivity contribution in [1.29, 1.82) is 0 Å². The minimum absolute atomic E-state index is 0.117. The van der Waals surface area contributed by atoms with Gasteiger partial charge in [0, 0.05) is 16.8 Å². The molecule has 0 aliphatic carbocycles. The Kier molecular flexibility index (Phi) is 6.31. The molecule has 38 heavy (non-hydrogen) atoms. The van der Waals surface area contributed by atoms with Crippen LogP contribution in [0.1, 0.15) is 24.1 Å². The highest BCUT2D eigenvalue weighted by atomic mass is 35.5. The van der Waals surface area contributed by atoms with Gasteiger partial charge in [-0.2, -0.15) is 0 Å². The smallest absolute Gasteiger partial charge is 0.271 e. The number of benzene rings is 3. The summed E-state index contributed by atoms with van der Waals surface area (Å²) in [4.78, 5) is 32.6. The number of hydrogen-bond acceptors (Lipinski definition) is 6. The molecular formula is C28H19Cl2N3O4S. The molecule has 1 atom stereocenters. The number of rotatable bonds is 4. The quantitative estimate of drug-likeness (QED) is 0.382. The molecule has 0 bridgehead atoms. The van der Waals surface area contributed by atoms with Gasteiger partial charge in [0.05, 0.1) is 26.9 Å². The topological polar surface area (TPSA) is 81.9 Å². The number of hydrogen-bond donors (Lipinski definition) is 1. The van der Waals surface area contributed by atoms with Gasteiger partial charge in [0.25, 0.3) is 11.5 Å². The van der Waals surface area contributed by atoms with Gasteiger partial charge in [0.1, 0.15) is 0 Å². The summed E-state index contributed by atoms with van der Waals surface area (Å²) in [7, 11) is 0. The van der Waals surface area contributed by atoms with Crippen molar-refractivity contribution in [1.82, 2.24) is 4.57 Å². The van der Waals surface area contributed by atoms with E-state index in [4.69, 9.17) is 32.7 Å². The second-order valence-corrected chi connectivity index (χ2v) is 10.5. The van der Waals surface area contributed by atoms with Crippen LogP contribution in [0.15, 0.2) is 87.8 Å². The summed E-state index contributed by atoms with van der Waals surface area (Å²) in [5, 5.41) is 3.91. The summed E-state index contributed by atoms with van der Waals surface area (Å²) in [6.45, 7) is 1.89. The molecule has 7 nitrogen and oxygen atoms in total. The molecule has 1 aromatic heterocycles. The lowest BCUT2D eigenvalue weighted by molar-refractivity contribution is -0.113. The van der Waals surface area contributed by atoms with Crippen LogP contribution in [0.3, 0.4) is 0 Å². The van der Waals surface area contributed by atoms with Crippen LogP contribution in [-0.4, -0.2) is 17.3 Å². The predicted octanol–water partition coefficient (Wildman–Crippen LogP) is 4.91. The summed E-state index contributed by atoms with van der Waals surface area (Å²) in [6, 6.07) is 18.9. The molecule has 2 aliphatic rings. The number of carbonyl (C=O) groups is 1. The van der Waals surface area contributed by atoms with E-state index in [9.17, 15) is 9.59 Å². The van der Waals surface area contributed by atoms with Crippen LogP contribution in [0.5, 0.6) is 11.5 Å². The van der Waals surface area contributed by atoms with Gasteiger partial charge in [0.15, 0.2) is 16.3 Å². The number of halogens is 2. The number of thiazole rings is 1. The highest BCUT2D eigenvalue weighted by Gasteiger charge is 2.32. The zero-order chi connectivity index (χ0) is 26.4. The van der Waals surface area contributed by atoms with Crippen molar-refractivity contribution in [3.63, 3.8) is 0 Å². The average Bonchev–Trinajstić information content (AvgIpc) is 3.47. The Bertz CT molecular complexity index is 1790. The third-order valence-electron chi connectivity index (χ3n) is 6.26. The molecule has 6 rings (SSSR count). The third kappa shape index (κ3) is 4.41. The molecule has 0 saturated heterocycles. The van der Waals surface area contributed by atoms with E-state index in [2.05, 4.69) is 10.3 Å². The van der Waals surface area contributed by atoms with Gasteiger partial charge in [0.2, 0.25) is 6.79 Å². The van der Waals surface area contributed by atoms with E-state index in [0.29, 0.717) is 53.4 Å². The second-order valence-electron chi connectivity index (χ2n) is 8.68. The number of allylic oxidation sites excluding steroid dienone is 1. The van der Waals surface area contributed by atoms with Gasteiger partial charge in [-0.05, 0) is 54.5 Å². The Morgan fingerprint density at radius 1 is 1.08 bits per heavy atom. The van der Waals surface area contributed by atoms with E-state index >= 15 is 0 Å².